The molecule has 2 amide bonds. The quantitative estimate of drug-likeness (QED) is 0.323. The average Bonchev–Trinajstić information content (AvgIpc) is 3.61. The van der Waals surface area contributed by atoms with Gasteiger partial charge in [0.1, 0.15) is 0 Å². The molecule has 0 spiro atoms. The van der Waals surface area contributed by atoms with Crippen molar-refractivity contribution in [1.82, 2.24) is 20.6 Å². The number of amides is 2. The molecule has 0 radical (unpaired) electrons. The zero-order valence-corrected chi connectivity index (χ0v) is 33.0. The summed E-state index contributed by atoms with van der Waals surface area (Å²) in [6.07, 6.45) is 30.9. The zero-order chi connectivity index (χ0) is 37.3. The van der Waals surface area contributed by atoms with Crippen molar-refractivity contribution in [2.45, 2.75) is 105 Å². The second-order valence-corrected chi connectivity index (χ2v) is 19.2. The number of nitrogens with zero attached hydrogens (tertiary/aromatic N) is 2. The molecule has 0 unspecified atom stereocenters. The number of carbonyl (C=O) groups excluding carboxylic acids is 2. The Labute approximate surface area is 322 Å². The Balaban J connectivity index is 0.000000142. The minimum atomic E-state index is 0.159. The molecule has 54 heavy (non-hydrogen) atoms. The predicted octanol–water partition coefficient (Wildman–Crippen LogP) is 9.53. The van der Waals surface area contributed by atoms with E-state index in [1.807, 2.05) is 36.9 Å². The summed E-state index contributed by atoms with van der Waals surface area (Å²) >= 11 is 0. The van der Waals surface area contributed by atoms with Gasteiger partial charge < -0.3 is 10.6 Å². The predicted molar refractivity (Wildman–Crippen MR) is 215 cm³/mol. The summed E-state index contributed by atoms with van der Waals surface area (Å²) in [5.74, 6) is 4.48. The molecular formula is C48H60N4O2. The third-order valence-corrected chi connectivity index (χ3v) is 17.0. The third kappa shape index (κ3) is 5.62. The third-order valence-electron chi connectivity index (χ3n) is 17.0. The molecule has 10 atom stereocenters. The summed E-state index contributed by atoms with van der Waals surface area (Å²) in [5.41, 5.74) is 9.66. The van der Waals surface area contributed by atoms with E-state index in [1.165, 1.54) is 73.6 Å². The van der Waals surface area contributed by atoms with Crippen LogP contribution in [0.4, 0.5) is 0 Å². The molecule has 2 saturated heterocycles. The van der Waals surface area contributed by atoms with Crippen LogP contribution in [0.15, 0.2) is 84.5 Å². The number of pyridine rings is 2. The van der Waals surface area contributed by atoms with Gasteiger partial charge in [0, 0.05) is 61.5 Å². The molecule has 2 aliphatic heterocycles. The smallest absolute Gasteiger partial charge is 0.220 e. The summed E-state index contributed by atoms with van der Waals surface area (Å²) in [6, 6.07) is 8.50. The van der Waals surface area contributed by atoms with Gasteiger partial charge in [0.2, 0.25) is 11.8 Å². The van der Waals surface area contributed by atoms with Crippen LogP contribution in [-0.4, -0.2) is 34.9 Å². The standard InChI is InChI=1S/2C24H30N2O/c1-23-12-10-22(27)26-15-17(23)5-6-18-20-8-7-19(16-4-3-13-25-14-16)24(20,2)11-9-21(18)23;1-23-11-13-26-22(27)14-17(23)5-6-18-20-8-7-19(16-4-3-12-25-15-16)24(20,2)10-9-21(18)23/h3-4,7-8,13-14,17-18,21H,5-6,9-12,15H2,1-2H3,(H,26,27);3-4,7-8,12,15,17-18,21H,5-6,9-11,13-14H2,1-2H3,(H,26,27)/t2*17-,18-,21-,23-,24+/m00/s1. The second-order valence-electron chi connectivity index (χ2n) is 19.2. The Hall–Kier alpha value is -3.80. The van der Waals surface area contributed by atoms with Crippen LogP contribution in [0.2, 0.25) is 0 Å². The van der Waals surface area contributed by atoms with Gasteiger partial charge in [0.15, 0.2) is 0 Å². The van der Waals surface area contributed by atoms with E-state index >= 15 is 0 Å². The van der Waals surface area contributed by atoms with E-state index in [-0.39, 0.29) is 22.6 Å². The highest BCUT2D eigenvalue weighted by atomic mass is 16.2. The van der Waals surface area contributed by atoms with Crippen molar-refractivity contribution in [2.24, 2.45) is 57.2 Å². The van der Waals surface area contributed by atoms with Gasteiger partial charge in [-0.05, 0) is 145 Å². The van der Waals surface area contributed by atoms with Crippen LogP contribution in [0.1, 0.15) is 116 Å². The van der Waals surface area contributed by atoms with Gasteiger partial charge in [0.05, 0.1) is 0 Å². The maximum atomic E-state index is 12.1. The van der Waals surface area contributed by atoms with Gasteiger partial charge in [-0.1, -0.05) is 75.3 Å². The molecule has 6 heteroatoms. The zero-order valence-electron chi connectivity index (χ0n) is 33.0. The van der Waals surface area contributed by atoms with Gasteiger partial charge in [0.25, 0.3) is 0 Å². The van der Waals surface area contributed by atoms with Crippen molar-refractivity contribution in [1.29, 1.82) is 0 Å². The van der Waals surface area contributed by atoms with E-state index in [1.54, 1.807) is 11.1 Å². The monoisotopic (exact) mass is 724 g/mol. The number of hydrogen-bond donors (Lipinski definition) is 2. The first-order chi connectivity index (χ1) is 26.0. The number of aromatic nitrogens is 2. The molecule has 0 bridgehead atoms. The average molecular weight is 725 g/mol. The van der Waals surface area contributed by atoms with Gasteiger partial charge in [-0.2, -0.15) is 0 Å². The minimum Gasteiger partial charge on any atom is -0.356 e. The van der Waals surface area contributed by atoms with Gasteiger partial charge in [-0.3, -0.25) is 19.6 Å². The Bertz CT molecular complexity index is 1840. The topological polar surface area (TPSA) is 84.0 Å². The highest BCUT2D eigenvalue weighted by molar-refractivity contribution is 5.80. The molecule has 10 rings (SSSR count). The Kier molecular flexibility index (Phi) is 8.93. The van der Waals surface area contributed by atoms with E-state index in [0.29, 0.717) is 52.8 Å². The Morgan fingerprint density at radius 3 is 1.72 bits per heavy atom. The van der Waals surface area contributed by atoms with E-state index in [2.05, 4.69) is 84.7 Å². The summed E-state index contributed by atoms with van der Waals surface area (Å²) in [7, 11) is 0. The fraction of sp³-hybridized carbons (Fsp3) is 0.583. The highest BCUT2D eigenvalue weighted by Crippen LogP contribution is 2.66. The number of nitrogens with one attached hydrogen (secondary N) is 2. The normalized spacial score (nSPS) is 40.7. The van der Waals surface area contributed by atoms with Gasteiger partial charge in [-0.25, -0.2) is 0 Å². The lowest BCUT2D eigenvalue weighted by Gasteiger charge is -2.56. The molecule has 2 N–H and O–H groups in total. The number of allylic oxidation sites excluding steroid dienone is 8. The first-order valence-corrected chi connectivity index (χ1v) is 21.2. The molecule has 2 aromatic heterocycles. The van der Waals surface area contributed by atoms with Crippen molar-refractivity contribution in [3.05, 3.63) is 95.6 Å². The van der Waals surface area contributed by atoms with Crippen molar-refractivity contribution >= 4 is 23.0 Å². The van der Waals surface area contributed by atoms with Crippen molar-refractivity contribution in [3.63, 3.8) is 0 Å². The molecule has 6 aliphatic carbocycles. The molecular weight excluding hydrogens is 665 g/mol. The SMILES string of the molecule is C[C@]12CC[C@H]3[C@@H](CC[C@H]4CC(=O)NCC[C@@]43C)C1=CC=C2c1cccnc1.C[C@]12CC[C@H]3[C@@H](CC[C@H]4CNC(=O)CC[C@@]43C)C1=CC=C2c1cccnc1. The van der Waals surface area contributed by atoms with Crippen LogP contribution < -0.4 is 10.6 Å². The van der Waals surface area contributed by atoms with Crippen molar-refractivity contribution < 1.29 is 9.59 Å². The van der Waals surface area contributed by atoms with Gasteiger partial charge in [-0.15, -0.1) is 0 Å². The molecule has 284 valence electrons. The van der Waals surface area contributed by atoms with E-state index < -0.39 is 0 Å². The molecule has 4 heterocycles. The minimum absolute atomic E-state index is 0.159. The highest BCUT2D eigenvalue weighted by Gasteiger charge is 2.57. The molecule has 4 saturated carbocycles. The largest absolute Gasteiger partial charge is 0.356 e. The van der Waals surface area contributed by atoms with E-state index in [9.17, 15) is 9.59 Å². The van der Waals surface area contributed by atoms with Crippen LogP contribution in [-0.2, 0) is 9.59 Å². The van der Waals surface area contributed by atoms with Crippen LogP contribution in [0.3, 0.4) is 0 Å². The summed E-state index contributed by atoms with van der Waals surface area (Å²) in [4.78, 5) is 32.9. The lowest BCUT2D eigenvalue weighted by molar-refractivity contribution is -0.123. The molecule has 0 aromatic carbocycles. The molecule has 2 aromatic rings. The first kappa shape index (κ1) is 35.9. The van der Waals surface area contributed by atoms with Crippen molar-refractivity contribution in [3.8, 4) is 0 Å². The lowest BCUT2D eigenvalue weighted by atomic mass is 9.47. The fourth-order valence-electron chi connectivity index (χ4n) is 13.9. The number of fused-ring (bicyclic) bond motifs is 10. The maximum absolute atomic E-state index is 12.1. The Morgan fingerprint density at radius 1 is 0.611 bits per heavy atom. The Morgan fingerprint density at radius 2 is 1.17 bits per heavy atom. The van der Waals surface area contributed by atoms with Crippen LogP contribution in [0, 0.1) is 57.2 Å². The molecule has 6 fully saturated rings. The first-order valence-electron chi connectivity index (χ1n) is 21.2. The number of carbonyl (C=O) groups is 2. The summed E-state index contributed by atoms with van der Waals surface area (Å²) < 4.78 is 0. The van der Waals surface area contributed by atoms with E-state index in [4.69, 9.17) is 0 Å². The summed E-state index contributed by atoms with van der Waals surface area (Å²) in [5, 5.41) is 6.31. The number of hydrogen-bond acceptors (Lipinski definition) is 4. The van der Waals surface area contributed by atoms with Gasteiger partial charge >= 0.3 is 0 Å². The number of rotatable bonds is 2. The van der Waals surface area contributed by atoms with E-state index in [0.717, 1.165) is 32.4 Å². The maximum Gasteiger partial charge on any atom is 0.220 e. The lowest BCUT2D eigenvalue weighted by Crippen LogP contribution is -2.49. The van der Waals surface area contributed by atoms with Crippen LogP contribution in [0.5, 0.6) is 0 Å². The summed E-state index contributed by atoms with van der Waals surface area (Å²) in [6.45, 7) is 11.6. The van der Waals surface area contributed by atoms with Crippen LogP contribution in [0.25, 0.3) is 11.1 Å². The fourth-order valence-corrected chi connectivity index (χ4v) is 13.9. The van der Waals surface area contributed by atoms with Crippen LogP contribution >= 0.6 is 0 Å². The second kappa shape index (κ2) is 13.4. The van der Waals surface area contributed by atoms with Crippen molar-refractivity contribution in [2.75, 3.05) is 13.1 Å². The molecule has 6 nitrogen and oxygen atoms in total. The molecule has 8 aliphatic rings.